The van der Waals surface area contributed by atoms with Crippen LogP contribution in [0, 0.1) is 6.92 Å². The van der Waals surface area contributed by atoms with Crippen LogP contribution in [-0.4, -0.2) is 16.7 Å². The van der Waals surface area contributed by atoms with Gasteiger partial charge in [0.15, 0.2) is 0 Å². The van der Waals surface area contributed by atoms with Crippen molar-refractivity contribution in [1.29, 1.82) is 0 Å². The molecule has 0 aliphatic heterocycles. The van der Waals surface area contributed by atoms with E-state index in [1.165, 1.54) is 17.4 Å². The van der Waals surface area contributed by atoms with Gasteiger partial charge < -0.3 is 5.11 Å². The number of aryl methyl sites for hydroxylation is 1. The Kier molecular flexibility index (Phi) is 4.05. The molecule has 1 heterocycles. The van der Waals surface area contributed by atoms with Crippen LogP contribution in [0.3, 0.4) is 0 Å². The van der Waals surface area contributed by atoms with Gasteiger partial charge in [-0.05, 0) is 19.4 Å². The molecule has 0 atom stereocenters. The van der Waals surface area contributed by atoms with Crippen molar-refractivity contribution in [3.05, 3.63) is 21.9 Å². The summed E-state index contributed by atoms with van der Waals surface area (Å²) in [5, 5.41) is 11.2. The number of allylic oxidation sites excluding steroid dienone is 1. The number of hydrogen-bond donors (Lipinski definition) is 1. The number of nitrogens with zero attached hydrogens (tertiary/aromatic N) is 1. The van der Waals surface area contributed by atoms with Crippen LogP contribution in [0.5, 0.6) is 0 Å². The van der Waals surface area contributed by atoms with Gasteiger partial charge in [-0.3, -0.25) is 0 Å². The molecule has 0 unspecified atom stereocenters. The molecule has 4 heteroatoms. The molecule has 0 fully saturated rings. The molecule has 1 rings (SSSR count). The average Bonchev–Trinajstić information content (AvgIpc) is 2.48. The fourth-order valence-corrected chi connectivity index (χ4v) is 1.50. The second kappa shape index (κ2) is 5.09. The van der Waals surface area contributed by atoms with Gasteiger partial charge in [-0.1, -0.05) is 0 Å². The SMILES string of the molecule is Cc1nc(/C=C(\F)CCCO)cs1. The lowest BCUT2D eigenvalue weighted by Crippen LogP contribution is -1.83. The summed E-state index contributed by atoms with van der Waals surface area (Å²) in [6.07, 6.45) is 2.16. The van der Waals surface area contributed by atoms with E-state index in [1.807, 2.05) is 12.3 Å². The van der Waals surface area contributed by atoms with E-state index in [-0.39, 0.29) is 18.9 Å². The molecule has 0 radical (unpaired) electrons. The summed E-state index contributed by atoms with van der Waals surface area (Å²) < 4.78 is 13.0. The van der Waals surface area contributed by atoms with Crippen molar-refractivity contribution in [1.82, 2.24) is 4.98 Å². The van der Waals surface area contributed by atoms with Crippen LogP contribution in [0.2, 0.25) is 0 Å². The van der Waals surface area contributed by atoms with Crippen molar-refractivity contribution >= 4 is 17.4 Å². The van der Waals surface area contributed by atoms with E-state index < -0.39 is 0 Å². The Morgan fingerprint density at radius 2 is 2.54 bits per heavy atom. The summed E-state index contributed by atoms with van der Waals surface area (Å²) in [6.45, 7) is 1.91. The normalized spacial score (nSPS) is 12.1. The maximum absolute atomic E-state index is 13.0. The molecule has 2 nitrogen and oxygen atoms in total. The van der Waals surface area contributed by atoms with Crippen LogP contribution >= 0.6 is 11.3 Å². The van der Waals surface area contributed by atoms with Gasteiger partial charge in [-0.15, -0.1) is 11.3 Å². The Morgan fingerprint density at radius 1 is 1.77 bits per heavy atom. The number of thiazole rings is 1. The summed E-state index contributed by atoms with van der Waals surface area (Å²) >= 11 is 1.50. The first-order chi connectivity index (χ1) is 6.22. The van der Waals surface area contributed by atoms with E-state index >= 15 is 0 Å². The summed E-state index contributed by atoms with van der Waals surface area (Å²) in [5.41, 5.74) is 0.665. The summed E-state index contributed by atoms with van der Waals surface area (Å²) in [4.78, 5) is 4.10. The maximum Gasteiger partial charge on any atom is 0.102 e. The van der Waals surface area contributed by atoms with E-state index in [2.05, 4.69) is 4.98 Å². The first-order valence-corrected chi connectivity index (χ1v) is 4.99. The molecule has 0 spiro atoms. The summed E-state index contributed by atoms with van der Waals surface area (Å²) in [5.74, 6) is -0.223. The highest BCUT2D eigenvalue weighted by Gasteiger charge is 1.98. The van der Waals surface area contributed by atoms with Crippen LogP contribution < -0.4 is 0 Å². The summed E-state index contributed by atoms with van der Waals surface area (Å²) in [6, 6.07) is 0. The smallest absolute Gasteiger partial charge is 0.102 e. The van der Waals surface area contributed by atoms with Crippen LogP contribution in [-0.2, 0) is 0 Å². The van der Waals surface area contributed by atoms with Crippen molar-refractivity contribution in [3.63, 3.8) is 0 Å². The van der Waals surface area contributed by atoms with E-state index in [1.54, 1.807) is 0 Å². The van der Waals surface area contributed by atoms with Crippen LogP contribution in [0.4, 0.5) is 4.39 Å². The topological polar surface area (TPSA) is 33.1 Å². The third-order valence-corrected chi connectivity index (χ3v) is 2.31. The largest absolute Gasteiger partial charge is 0.396 e. The molecule has 0 aromatic carbocycles. The highest BCUT2D eigenvalue weighted by Crippen LogP contribution is 2.14. The van der Waals surface area contributed by atoms with E-state index in [4.69, 9.17) is 5.11 Å². The number of hydrogen-bond acceptors (Lipinski definition) is 3. The van der Waals surface area contributed by atoms with Gasteiger partial charge in [0.2, 0.25) is 0 Å². The van der Waals surface area contributed by atoms with Gasteiger partial charge in [0.25, 0.3) is 0 Å². The number of aliphatic hydroxyl groups is 1. The minimum atomic E-state index is -0.223. The molecule has 0 aliphatic rings. The molecular formula is C9H12FNOS. The third kappa shape index (κ3) is 3.65. The highest BCUT2D eigenvalue weighted by molar-refractivity contribution is 7.09. The lowest BCUT2D eigenvalue weighted by atomic mass is 10.2. The first-order valence-electron chi connectivity index (χ1n) is 4.11. The average molecular weight is 201 g/mol. The van der Waals surface area contributed by atoms with Gasteiger partial charge in [0.1, 0.15) is 5.83 Å². The van der Waals surface area contributed by atoms with Crippen molar-refractivity contribution in [2.45, 2.75) is 19.8 Å². The van der Waals surface area contributed by atoms with E-state index in [0.717, 1.165) is 5.01 Å². The first kappa shape index (κ1) is 10.3. The van der Waals surface area contributed by atoms with Gasteiger partial charge in [0.05, 0.1) is 10.7 Å². The van der Waals surface area contributed by atoms with Gasteiger partial charge in [0, 0.05) is 18.4 Å². The van der Waals surface area contributed by atoms with E-state index in [9.17, 15) is 4.39 Å². The molecule has 1 aromatic heterocycles. The number of aliphatic hydroxyl groups excluding tert-OH is 1. The molecule has 0 saturated heterocycles. The van der Waals surface area contributed by atoms with Crippen LogP contribution in [0.15, 0.2) is 11.2 Å². The number of aromatic nitrogens is 1. The molecule has 0 bridgehead atoms. The second-order valence-corrected chi connectivity index (χ2v) is 3.77. The zero-order valence-corrected chi connectivity index (χ0v) is 8.27. The lowest BCUT2D eigenvalue weighted by molar-refractivity contribution is 0.285. The molecule has 1 N–H and O–H groups in total. The predicted octanol–water partition coefficient (Wildman–Crippen LogP) is 2.53. The second-order valence-electron chi connectivity index (χ2n) is 2.71. The number of rotatable bonds is 4. The quantitative estimate of drug-likeness (QED) is 0.812. The highest BCUT2D eigenvalue weighted by atomic mass is 32.1. The lowest BCUT2D eigenvalue weighted by Gasteiger charge is -1.92. The Bertz CT molecular complexity index is 296. The van der Waals surface area contributed by atoms with Gasteiger partial charge in [-0.25, -0.2) is 9.37 Å². The van der Waals surface area contributed by atoms with Crippen molar-refractivity contribution in [3.8, 4) is 0 Å². The molecule has 0 amide bonds. The third-order valence-electron chi connectivity index (χ3n) is 1.51. The molecule has 72 valence electrons. The maximum atomic E-state index is 13.0. The van der Waals surface area contributed by atoms with E-state index in [0.29, 0.717) is 12.1 Å². The molecule has 0 aliphatic carbocycles. The zero-order chi connectivity index (χ0) is 9.68. The molecule has 0 saturated carbocycles. The molecule has 13 heavy (non-hydrogen) atoms. The predicted molar refractivity (Wildman–Crippen MR) is 52.3 cm³/mol. The number of halogens is 1. The van der Waals surface area contributed by atoms with Crippen molar-refractivity contribution < 1.29 is 9.50 Å². The monoisotopic (exact) mass is 201 g/mol. The Morgan fingerprint density at radius 3 is 3.08 bits per heavy atom. The van der Waals surface area contributed by atoms with Crippen molar-refractivity contribution in [2.24, 2.45) is 0 Å². The Balaban J connectivity index is 2.54. The van der Waals surface area contributed by atoms with Gasteiger partial charge in [-0.2, -0.15) is 0 Å². The Labute approximate surface area is 80.8 Å². The van der Waals surface area contributed by atoms with Crippen molar-refractivity contribution in [2.75, 3.05) is 6.61 Å². The van der Waals surface area contributed by atoms with Gasteiger partial charge >= 0.3 is 0 Å². The summed E-state index contributed by atoms with van der Waals surface area (Å²) in [7, 11) is 0. The molecule has 1 aromatic rings. The standard InChI is InChI=1S/C9H12FNOS/c1-7-11-9(6-13-7)5-8(10)3-2-4-12/h5-6,12H,2-4H2,1H3/b8-5-. The van der Waals surface area contributed by atoms with Crippen LogP contribution in [0.25, 0.3) is 6.08 Å². The fraction of sp³-hybridized carbons (Fsp3) is 0.444. The van der Waals surface area contributed by atoms with Crippen LogP contribution in [0.1, 0.15) is 23.5 Å². The molecular weight excluding hydrogens is 189 g/mol. The zero-order valence-electron chi connectivity index (χ0n) is 7.46. The minimum Gasteiger partial charge on any atom is -0.396 e. The Hall–Kier alpha value is -0.740. The minimum absolute atomic E-state index is 0.0252. The fourth-order valence-electron chi connectivity index (χ4n) is 0.927.